The summed E-state index contributed by atoms with van der Waals surface area (Å²) >= 11 is 0. The van der Waals surface area contributed by atoms with Crippen molar-refractivity contribution in [3.8, 4) is 0 Å². The fourth-order valence-electron chi connectivity index (χ4n) is 3.64. The highest BCUT2D eigenvalue weighted by Crippen LogP contribution is 2.25. The van der Waals surface area contributed by atoms with Gasteiger partial charge in [0.15, 0.2) is 11.6 Å². The average Bonchev–Trinajstić information content (AvgIpc) is 3.14. The Labute approximate surface area is 188 Å². The van der Waals surface area contributed by atoms with E-state index in [0.717, 1.165) is 62.5 Å². The molecular weight excluding hydrogens is 483 g/mol. The monoisotopic (exact) mass is 514 g/mol. The lowest BCUT2D eigenvalue weighted by atomic mass is 9.86. The molecule has 0 unspecified atom stereocenters. The highest BCUT2D eigenvalue weighted by Gasteiger charge is 2.27. The minimum absolute atomic E-state index is 0. The van der Waals surface area contributed by atoms with E-state index in [4.69, 9.17) is 4.74 Å². The quantitative estimate of drug-likeness (QED) is 0.194. The molecule has 2 aromatic rings. The molecule has 1 saturated carbocycles. The third kappa shape index (κ3) is 6.55. The fraction of sp³-hybridized carbons (Fsp3) is 0.600. The molecule has 0 radical (unpaired) electrons. The van der Waals surface area contributed by atoms with E-state index in [1.807, 2.05) is 35.7 Å². The van der Waals surface area contributed by atoms with Gasteiger partial charge in [0.25, 0.3) is 0 Å². The third-order valence-electron chi connectivity index (χ3n) is 5.17. The Kier molecular flexibility index (Phi) is 9.62. The van der Waals surface area contributed by atoms with Crippen LogP contribution in [0.5, 0.6) is 0 Å². The van der Waals surface area contributed by atoms with Crippen molar-refractivity contribution >= 4 is 41.6 Å². The average molecular weight is 514 g/mol. The summed E-state index contributed by atoms with van der Waals surface area (Å²) in [6.45, 7) is 3.12. The first kappa shape index (κ1) is 23.4. The second-order valence-corrected chi connectivity index (χ2v) is 7.09. The van der Waals surface area contributed by atoms with Gasteiger partial charge in [0.1, 0.15) is 5.82 Å². The number of aryl methyl sites for hydroxylation is 1. The minimum Gasteiger partial charge on any atom is -0.466 e. The Balaban J connectivity index is 0.00000300. The van der Waals surface area contributed by atoms with Crippen molar-refractivity contribution in [2.75, 3.05) is 20.2 Å². The number of pyridine rings is 1. The van der Waals surface area contributed by atoms with E-state index in [1.54, 1.807) is 7.05 Å². The summed E-state index contributed by atoms with van der Waals surface area (Å²) in [7, 11) is 1.78. The topological polar surface area (TPSA) is 92.9 Å². The number of rotatable bonds is 7. The van der Waals surface area contributed by atoms with Crippen LogP contribution in [0.4, 0.5) is 0 Å². The molecule has 2 aromatic heterocycles. The van der Waals surface area contributed by atoms with E-state index in [2.05, 4.69) is 25.8 Å². The Morgan fingerprint density at radius 1 is 1.28 bits per heavy atom. The van der Waals surface area contributed by atoms with Crippen molar-refractivity contribution in [2.24, 2.45) is 10.9 Å². The van der Waals surface area contributed by atoms with Gasteiger partial charge in [-0.1, -0.05) is 6.07 Å². The van der Waals surface area contributed by atoms with Crippen molar-refractivity contribution in [1.29, 1.82) is 0 Å². The number of esters is 1. The minimum atomic E-state index is -0.0514. The first-order chi connectivity index (χ1) is 13.7. The van der Waals surface area contributed by atoms with Gasteiger partial charge in [0, 0.05) is 32.3 Å². The predicted octanol–water partition coefficient (Wildman–Crippen LogP) is 2.57. The van der Waals surface area contributed by atoms with Gasteiger partial charge in [-0.3, -0.25) is 14.2 Å². The fourth-order valence-corrected chi connectivity index (χ4v) is 3.64. The van der Waals surface area contributed by atoms with Gasteiger partial charge >= 0.3 is 5.97 Å². The maximum absolute atomic E-state index is 11.8. The Hall–Kier alpha value is -1.91. The van der Waals surface area contributed by atoms with Crippen LogP contribution in [0.25, 0.3) is 5.65 Å². The van der Waals surface area contributed by atoms with Gasteiger partial charge < -0.3 is 15.4 Å². The number of carbonyl (C=O) groups excluding carboxylic acids is 1. The van der Waals surface area contributed by atoms with E-state index in [0.29, 0.717) is 12.6 Å². The molecule has 1 aliphatic rings. The number of guanidine groups is 1. The smallest absolute Gasteiger partial charge is 0.308 e. The van der Waals surface area contributed by atoms with Crippen LogP contribution in [0.2, 0.25) is 0 Å². The molecule has 3 rings (SSSR count). The van der Waals surface area contributed by atoms with Crippen LogP contribution in [0, 0.1) is 5.92 Å². The molecule has 0 amide bonds. The third-order valence-corrected chi connectivity index (χ3v) is 5.17. The van der Waals surface area contributed by atoms with E-state index in [9.17, 15) is 4.79 Å². The van der Waals surface area contributed by atoms with Gasteiger partial charge in [-0.15, -0.1) is 34.2 Å². The normalized spacial score (nSPS) is 19.4. The zero-order valence-corrected chi connectivity index (χ0v) is 19.5. The number of nitrogens with zero attached hydrogens (tertiary/aromatic N) is 4. The molecule has 2 N–H and O–H groups in total. The summed E-state index contributed by atoms with van der Waals surface area (Å²) in [6.07, 6.45) is 7.42. The van der Waals surface area contributed by atoms with Crippen molar-refractivity contribution in [1.82, 2.24) is 25.2 Å². The SMILES string of the molecule is CCOC(=O)C1CCC(NC(=NC)NCCCc2nnc3ccccn23)CC1.I. The molecular formula is C20H31IN6O2. The molecule has 0 saturated heterocycles. The molecule has 8 nitrogen and oxygen atoms in total. The van der Waals surface area contributed by atoms with Crippen molar-refractivity contribution < 1.29 is 9.53 Å². The summed E-state index contributed by atoms with van der Waals surface area (Å²) in [5.41, 5.74) is 0.876. The van der Waals surface area contributed by atoms with Crippen molar-refractivity contribution in [3.63, 3.8) is 0 Å². The summed E-state index contributed by atoms with van der Waals surface area (Å²) in [4.78, 5) is 16.2. The number of carbonyl (C=O) groups is 1. The summed E-state index contributed by atoms with van der Waals surface area (Å²) < 4.78 is 7.16. The molecule has 0 bridgehead atoms. The van der Waals surface area contributed by atoms with E-state index < -0.39 is 0 Å². The van der Waals surface area contributed by atoms with E-state index in [1.165, 1.54) is 0 Å². The molecule has 0 aromatic carbocycles. The number of halogens is 1. The Morgan fingerprint density at radius 2 is 2.07 bits per heavy atom. The summed E-state index contributed by atoms with van der Waals surface area (Å²) in [6, 6.07) is 6.25. The lowest BCUT2D eigenvalue weighted by Gasteiger charge is -2.29. The highest BCUT2D eigenvalue weighted by atomic mass is 127. The number of hydrogen-bond acceptors (Lipinski definition) is 5. The molecule has 29 heavy (non-hydrogen) atoms. The van der Waals surface area contributed by atoms with Crippen LogP contribution in [-0.4, -0.2) is 52.8 Å². The maximum Gasteiger partial charge on any atom is 0.308 e. The number of ether oxygens (including phenoxy) is 1. The van der Waals surface area contributed by atoms with Gasteiger partial charge in [0.05, 0.1) is 12.5 Å². The summed E-state index contributed by atoms with van der Waals surface area (Å²) in [5.74, 6) is 1.78. The highest BCUT2D eigenvalue weighted by molar-refractivity contribution is 14.0. The van der Waals surface area contributed by atoms with Crippen molar-refractivity contribution in [2.45, 2.75) is 51.5 Å². The van der Waals surface area contributed by atoms with E-state index in [-0.39, 0.29) is 35.9 Å². The standard InChI is InChI=1S/C20H30N6O2.HI/c1-3-28-19(27)15-9-11-16(12-10-15)23-20(21-2)22-13-6-8-18-25-24-17-7-4-5-14-26(17)18;/h4-5,7,14-16H,3,6,8-13H2,1-2H3,(H2,21,22,23);1H. The van der Waals surface area contributed by atoms with Crippen LogP contribution >= 0.6 is 24.0 Å². The zero-order valence-electron chi connectivity index (χ0n) is 17.1. The lowest BCUT2D eigenvalue weighted by Crippen LogP contribution is -2.45. The summed E-state index contributed by atoms with van der Waals surface area (Å²) in [5, 5.41) is 15.3. The largest absolute Gasteiger partial charge is 0.466 e. The van der Waals surface area contributed by atoms with Gasteiger partial charge in [0.2, 0.25) is 0 Å². The first-order valence-electron chi connectivity index (χ1n) is 10.1. The molecule has 0 aliphatic heterocycles. The molecule has 160 valence electrons. The van der Waals surface area contributed by atoms with Crippen LogP contribution in [-0.2, 0) is 16.0 Å². The van der Waals surface area contributed by atoms with E-state index >= 15 is 0 Å². The number of fused-ring (bicyclic) bond motifs is 1. The molecule has 9 heteroatoms. The molecule has 0 atom stereocenters. The lowest BCUT2D eigenvalue weighted by molar-refractivity contribution is -0.149. The first-order valence-corrected chi connectivity index (χ1v) is 10.1. The maximum atomic E-state index is 11.8. The number of hydrogen-bond donors (Lipinski definition) is 2. The number of aromatic nitrogens is 3. The molecule has 0 spiro atoms. The Bertz CT molecular complexity index is 801. The molecule has 1 fully saturated rings. The van der Waals surface area contributed by atoms with Gasteiger partial charge in [-0.05, 0) is 51.2 Å². The van der Waals surface area contributed by atoms with Crippen LogP contribution in [0.3, 0.4) is 0 Å². The molecule has 1 aliphatic carbocycles. The van der Waals surface area contributed by atoms with Crippen LogP contribution in [0.15, 0.2) is 29.4 Å². The van der Waals surface area contributed by atoms with Crippen LogP contribution in [0.1, 0.15) is 44.9 Å². The second kappa shape index (κ2) is 11.9. The predicted molar refractivity (Wildman–Crippen MR) is 124 cm³/mol. The Morgan fingerprint density at radius 3 is 2.79 bits per heavy atom. The second-order valence-electron chi connectivity index (χ2n) is 7.09. The van der Waals surface area contributed by atoms with Crippen molar-refractivity contribution in [3.05, 3.63) is 30.2 Å². The van der Waals surface area contributed by atoms with Gasteiger partial charge in [-0.25, -0.2) is 0 Å². The number of nitrogens with one attached hydrogen (secondary N) is 2. The van der Waals surface area contributed by atoms with Crippen LogP contribution < -0.4 is 10.6 Å². The van der Waals surface area contributed by atoms with Gasteiger partial charge in [-0.2, -0.15) is 0 Å². The number of aliphatic imine (C=N–C) groups is 1. The zero-order chi connectivity index (χ0) is 19.8. The molecule has 2 heterocycles.